The van der Waals surface area contributed by atoms with Crippen molar-refractivity contribution in [3.63, 3.8) is 0 Å². The van der Waals surface area contributed by atoms with Crippen molar-refractivity contribution in [3.8, 4) is 0 Å². The Balaban J connectivity index is 2.75. The van der Waals surface area contributed by atoms with Crippen LogP contribution < -0.4 is 16.5 Å². The van der Waals surface area contributed by atoms with Crippen LogP contribution in [0.3, 0.4) is 0 Å². The highest BCUT2D eigenvalue weighted by Gasteiger charge is 2.11. The fourth-order valence-corrected chi connectivity index (χ4v) is 1.12. The molecule has 0 aliphatic carbocycles. The SMILES string of the molecule is Cc1c(NCCN)c(=O)c1=S. The summed E-state index contributed by atoms with van der Waals surface area (Å²) >= 11 is 4.78. The molecule has 1 aromatic rings. The standard InChI is InChI=1S/C7H10N2OS/c1-4-5(9-3-2-8)6(10)7(4)11/h9H,2-3,8H2,1H3. The number of hydrogen-bond acceptors (Lipinski definition) is 4. The summed E-state index contributed by atoms with van der Waals surface area (Å²) in [6.07, 6.45) is 0. The summed E-state index contributed by atoms with van der Waals surface area (Å²) < 4.78 is 0.449. The first-order valence-electron chi connectivity index (χ1n) is 3.42. The molecule has 0 fully saturated rings. The first-order chi connectivity index (χ1) is 5.18. The Hall–Kier alpha value is -0.740. The maximum Gasteiger partial charge on any atom is 0.220 e. The molecule has 0 unspecified atom stereocenters. The van der Waals surface area contributed by atoms with Gasteiger partial charge in [0, 0.05) is 13.1 Å². The molecule has 0 saturated carbocycles. The Morgan fingerprint density at radius 1 is 1.64 bits per heavy atom. The van der Waals surface area contributed by atoms with Gasteiger partial charge in [0.2, 0.25) is 5.43 Å². The second-order valence-electron chi connectivity index (χ2n) is 2.37. The fraction of sp³-hybridized carbons (Fsp3) is 0.429. The molecule has 0 radical (unpaired) electrons. The fourth-order valence-electron chi connectivity index (χ4n) is 0.915. The molecule has 1 aromatic carbocycles. The first-order valence-corrected chi connectivity index (χ1v) is 3.83. The Morgan fingerprint density at radius 3 is 2.73 bits per heavy atom. The molecule has 0 saturated heterocycles. The summed E-state index contributed by atoms with van der Waals surface area (Å²) in [5.74, 6) is 0. The summed E-state index contributed by atoms with van der Waals surface area (Å²) in [6.45, 7) is 2.99. The van der Waals surface area contributed by atoms with E-state index in [0.29, 0.717) is 23.3 Å². The van der Waals surface area contributed by atoms with Crippen LogP contribution in [0.2, 0.25) is 0 Å². The Labute approximate surface area is 69.9 Å². The Kier molecular flexibility index (Phi) is 2.36. The van der Waals surface area contributed by atoms with Crippen molar-refractivity contribution in [1.29, 1.82) is 0 Å². The van der Waals surface area contributed by atoms with Gasteiger partial charge in [-0.3, -0.25) is 4.79 Å². The molecule has 4 heteroatoms. The van der Waals surface area contributed by atoms with E-state index < -0.39 is 0 Å². The minimum absolute atomic E-state index is 0.0500. The normalized spacial score (nSPS) is 10.4. The van der Waals surface area contributed by atoms with Crippen molar-refractivity contribution in [1.82, 2.24) is 0 Å². The second kappa shape index (κ2) is 3.11. The summed E-state index contributed by atoms with van der Waals surface area (Å²) in [4.78, 5) is 11.0. The van der Waals surface area contributed by atoms with Gasteiger partial charge in [0.1, 0.15) is 0 Å². The molecule has 0 heterocycles. The minimum atomic E-state index is -0.0500. The van der Waals surface area contributed by atoms with Gasteiger partial charge in [-0.1, -0.05) is 12.2 Å². The lowest BCUT2D eigenvalue weighted by Crippen LogP contribution is -2.23. The van der Waals surface area contributed by atoms with Crippen molar-refractivity contribution in [2.75, 3.05) is 18.4 Å². The van der Waals surface area contributed by atoms with E-state index in [0.717, 1.165) is 5.56 Å². The third kappa shape index (κ3) is 1.32. The molecule has 1 rings (SSSR count). The van der Waals surface area contributed by atoms with Crippen molar-refractivity contribution in [2.24, 2.45) is 5.73 Å². The highest BCUT2D eigenvalue weighted by atomic mass is 32.1. The summed E-state index contributed by atoms with van der Waals surface area (Å²) in [7, 11) is 0. The van der Waals surface area contributed by atoms with Crippen LogP contribution in [0.25, 0.3) is 0 Å². The van der Waals surface area contributed by atoms with Crippen LogP contribution in [-0.4, -0.2) is 13.1 Å². The lowest BCUT2D eigenvalue weighted by molar-refractivity contribution is 1.01. The Bertz CT molecular complexity index is 325. The molecule has 0 amide bonds. The molecule has 0 bridgehead atoms. The molecule has 0 aliphatic heterocycles. The van der Waals surface area contributed by atoms with Crippen LogP contribution in [-0.2, 0) is 0 Å². The van der Waals surface area contributed by atoms with Gasteiger partial charge in [0.05, 0.1) is 10.2 Å². The number of nitrogens with two attached hydrogens (primary N) is 1. The average Bonchev–Trinajstić information content (AvgIpc) is 2.04. The van der Waals surface area contributed by atoms with Crippen LogP contribution >= 0.6 is 12.2 Å². The smallest absolute Gasteiger partial charge is 0.220 e. The monoisotopic (exact) mass is 170 g/mol. The third-order valence-electron chi connectivity index (χ3n) is 1.59. The zero-order valence-corrected chi connectivity index (χ0v) is 7.12. The highest BCUT2D eigenvalue weighted by Crippen LogP contribution is 2.12. The van der Waals surface area contributed by atoms with E-state index in [1.165, 1.54) is 0 Å². The summed E-state index contributed by atoms with van der Waals surface area (Å²) in [5.41, 5.74) is 6.73. The number of nitrogens with one attached hydrogen (secondary N) is 1. The quantitative estimate of drug-likeness (QED) is 0.642. The van der Waals surface area contributed by atoms with Gasteiger partial charge < -0.3 is 11.1 Å². The second-order valence-corrected chi connectivity index (χ2v) is 2.78. The zero-order valence-electron chi connectivity index (χ0n) is 6.31. The van der Waals surface area contributed by atoms with E-state index >= 15 is 0 Å². The van der Waals surface area contributed by atoms with E-state index in [1.807, 2.05) is 6.92 Å². The van der Waals surface area contributed by atoms with E-state index in [9.17, 15) is 4.79 Å². The molecule has 0 spiro atoms. The molecule has 60 valence electrons. The van der Waals surface area contributed by atoms with Crippen LogP contribution in [0.5, 0.6) is 0 Å². The number of rotatable bonds is 3. The van der Waals surface area contributed by atoms with Crippen molar-refractivity contribution in [3.05, 3.63) is 20.3 Å². The minimum Gasteiger partial charge on any atom is -0.380 e. The molecule has 11 heavy (non-hydrogen) atoms. The van der Waals surface area contributed by atoms with E-state index in [1.54, 1.807) is 0 Å². The molecule has 0 atom stereocenters. The first kappa shape index (κ1) is 8.36. The van der Waals surface area contributed by atoms with Gasteiger partial charge in [0.15, 0.2) is 0 Å². The van der Waals surface area contributed by atoms with Gasteiger partial charge in [-0.2, -0.15) is 0 Å². The van der Waals surface area contributed by atoms with Gasteiger partial charge in [0.25, 0.3) is 0 Å². The van der Waals surface area contributed by atoms with E-state index in [2.05, 4.69) is 5.32 Å². The predicted molar refractivity (Wildman–Crippen MR) is 48.2 cm³/mol. The lowest BCUT2D eigenvalue weighted by atomic mass is 10.1. The van der Waals surface area contributed by atoms with Crippen LogP contribution in [0.15, 0.2) is 4.79 Å². The average molecular weight is 170 g/mol. The number of hydrogen-bond donors (Lipinski definition) is 2. The largest absolute Gasteiger partial charge is 0.380 e. The maximum absolute atomic E-state index is 11.0. The maximum atomic E-state index is 11.0. The number of anilines is 1. The molecular formula is C7H10N2OS. The molecule has 0 aromatic heterocycles. The van der Waals surface area contributed by atoms with Crippen molar-refractivity contribution >= 4 is 17.9 Å². The predicted octanol–water partition coefficient (Wildman–Crippen LogP) is 0.331. The van der Waals surface area contributed by atoms with Gasteiger partial charge in [-0.15, -0.1) is 0 Å². The van der Waals surface area contributed by atoms with Crippen LogP contribution in [0, 0.1) is 11.4 Å². The summed E-state index contributed by atoms with van der Waals surface area (Å²) in [6, 6.07) is 0. The van der Waals surface area contributed by atoms with Gasteiger partial charge in [-0.05, 0) is 12.5 Å². The van der Waals surface area contributed by atoms with Gasteiger partial charge >= 0.3 is 0 Å². The molecule has 0 aliphatic rings. The highest BCUT2D eigenvalue weighted by molar-refractivity contribution is 7.71. The molecular weight excluding hydrogens is 160 g/mol. The van der Waals surface area contributed by atoms with E-state index in [4.69, 9.17) is 18.0 Å². The summed E-state index contributed by atoms with van der Waals surface area (Å²) in [5, 5.41) is 2.92. The molecule has 3 nitrogen and oxygen atoms in total. The zero-order chi connectivity index (χ0) is 8.43. The topological polar surface area (TPSA) is 55.1 Å². The van der Waals surface area contributed by atoms with Crippen LogP contribution in [0.4, 0.5) is 5.69 Å². The van der Waals surface area contributed by atoms with Crippen molar-refractivity contribution < 1.29 is 0 Å². The third-order valence-corrected chi connectivity index (χ3v) is 2.09. The van der Waals surface area contributed by atoms with E-state index in [-0.39, 0.29) is 5.43 Å². The van der Waals surface area contributed by atoms with Gasteiger partial charge in [-0.25, -0.2) is 0 Å². The van der Waals surface area contributed by atoms with Crippen LogP contribution in [0.1, 0.15) is 5.56 Å². The molecule has 3 N–H and O–H groups in total. The van der Waals surface area contributed by atoms with Crippen molar-refractivity contribution in [2.45, 2.75) is 6.92 Å². The lowest BCUT2D eigenvalue weighted by Gasteiger charge is -2.09. The Morgan fingerprint density at radius 2 is 2.27 bits per heavy atom.